The highest BCUT2D eigenvalue weighted by Gasteiger charge is 2.32. The maximum absolute atomic E-state index is 13.5. The Labute approximate surface area is 123 Å². The Morgan fingerprint density at radius 3 is 2.38 bits per heavy atom. The van der Waals surface area contributed by atoms with Gasteiger partial charge in [0.05, 0.1) is 5.02 Å². The van der Waals surface area contributed by atoms with Crippen LogP contribution in [-0.2, 0) is 0 Å². The number of hydrogen-bond donors (Lipinski definition) is 0. The van der Waals surface area contributed by atoms with Crippen LogP contribution >= 0.6 is 11.6 Å². The van der Waals surface area contributed by atoms with Crippen LogP contribution in [0, 0.1) is 5.82 Å². The molecule has 6 heteroatoms. The van der Waals surface area contributed by atoms with Crippen LogP contribution in [0.2, 0.25) is 5.02 Å². The highest BCUT2D eigenvalue weighted by molar-refractivity contribution is 6.30. The number of halogens is 5. The second-order valence-electron chi connectivity index (χ2n) is 4.14. The van der Waals surface area contributed by atoms with Crippen molar-refractivity contribution in [1.82, 2.24) is 0 Å². The van der Waals surface area contributed by atoms with Crippen LogP contribution in [0.4, 0.5) is 17.6 Å². The minimum Gasteiger partial charge on any atom is -0.405 e. The molecule has 0 bridgehead atoms. The first-order valence-electron chi connectivity index (χ1n) is 5.78. The van der Waals surface area contributed by atoms with Crippen LogP contribution < -0.4 is 4.74 Å². The smallest absolute Gasteiger partial charge is 0.405 e. The molecule has 0 saturated heterocycles. The Kier molecular flexibility index (Phi) is 4.23. The van der Waals surface area contributed by atoms with Gasteiger partial charge in [0.2, 0.25) is 0 Å². The highest BCUT2D eigenvalue weighted by atomic mass is 35.5. The summed E-state index contributed by atoms with van der Waals surface area (Å²) >= 11 is 5.57. The van der Waals surface area contributed by atoms with Gasteiger partial charge in [0.1, 0.15) is 11.6 Å². The molecule has 110 valence electrons. The largest absolute Gasteiger partial charge is 0.573 e. The van der Waals surface area contributed by atoms with Crippen LogP contribution in [0.15, 0.2) is 43.0 Å². The summed E-state index contributed by atoms with van der Waals surface area (Å²) in [7, 11) is 0. The first kappa shape index (κ1) is 15.4. The van der Waals surface area contributed by atoms with Gasteiger partial charge in [-0.15, -0.1) is 13.2 Å². The van der Waals surface area contributed by atoms with E-state index in [1.54, 1.807) is 0 Å². The molecule has 1 nitrogen and oxygen atoms in total. The van der Waals surface area contributed by atoms with Crippen molar-refractivity contribution in [2.75, 3.05) is 0 Å². The topological polar surface area (TPSA) is 9.23 Å². The lowest BCUT2D eigenvalue weighted by Crippen LogP contribution is -2.17. The van der Waals surface area contributed by atoms with Crippen molar-refractivity contribution >= 4 is 17.7 Å². The van der Waals surface area contributed by atoms with Gasteiger partial charge in [-0.1, -0.05) is 36.4 Å². The zero-order chi connectivity index (χ0) is 15.6. The fourth-order valence-corrected chi connectivity index (χ4v) is 1.90. The Morgan fingerprint density at radius 1 is 1.10 bits per heavy atom. The summed E-state index contributed by atoms with van der Waals surface area (Å²) in [6.07, 6.45) is -3.37. The van der Waals surface area contributed by atoms with E-state index in [2.05, 4.69) is 11.3 Å². The van der Waals surface area contributed by atoms with Gasteiger partial charge in [-0.25, -0.2) is 4.39 Å². The molecule has 0 spiro atoms. The predicted octanol–water partition coefficient (Wildman–Crippen LogP) is 5.69. The SMILES string of the molecule is C=Cc1ccc(OC(F)(F)F)c(-c2ccc(Cl)c(F)c2)c1. The summed E-state index contributed by atoms with van der Waals surface area (Å²) in [6, 6.07) is 7.74. The fraction of sp³-hybridized carbons (Fsp3) is 0.0667. The molecule has 2 aromatic carbocycles. The van der Waals surface area contributed by atoms with Crippen molar-refractivity contribution < 1.29 is 22.3 Å². The van der Waals surface area contributed by atoms with Crippen molar-refractivity contribution in [2.45, 2.75) is 6.36 Å². The number of alkyl halides is 3. The van der Waals surface area contributed by atoms with Gasteiger partial charge in [-0.2, -0.15) is 0 Å². The van der Waals surface area contributed by atoms with Gasteiger partial charge < -0.3 is 4.74 Å². The Hall–Kier alpha value is -2.01. The third-order valence-electron chi connectivity index (χ3n) is 2.70. The number of ether oxygens (including phenoxy) is 1. The monoisotopic (exact) mass is 316 g/mol. The van der Waals surface area contributed by atoms with Crippen molar-refractivity contribution in [1.29, 1.82) is 0 Å². The zero-order valence-electron chi connectivity index (χ0n) is 10.5. The van der Waals surface area contributed by atoms with E-state index in [9.17, 15) is 17.6 Å². The molecule has 0 aliphatic heterocycles. The molecule has 0 aliphatic carbocycles. The van der Waals surface area contributed by atoms with Crippen molar-refractivity contribution in [3.63, 3.8) is 0 Å². The summed E-state index contributed by atoms with van der Waals surface area (Å²) < 4.78 is 54.7. The molecule has 0 saturated carbocycles. The lowest BCUT2D eigenvalue weighted by molar-refractivity contribution is -0.274. The molecule has 0 amide bonds. The third-order valence-corrected chi connectivity index (χ3v) is 3.00. The molecule has 2 rings (SSSR count). The molecule has 0 radical (unpaired) electrons. The van der Waals surface area contributed by atoms with Crippen LogP contribution in [0.5, 0.6) is 5.75 Å². The fourth-order valence-electron chi connectivity index (χ4n) is 1.78. The van der Waals surface area contributed by atoms with E-state index >= 15 is 0 Å². The number of benzene rings is 2. The summed E-state index contributed by atoms with van der Waals surface area (Å²) in [6.45, 7) is 3.54. The minimum atomic E-state index is -4.84. The molecule has 0 atom stereocenters. The van der Waals surface area contributed by atoms with Crippen LogP contribution in [0.25, 0.3) is 17.2 Å². The Morgan fingerprint density at radius 2 is 1.81 bits per heavy atom. The van der Waals surface area contributed by atoms with Crippen LogP contribution in [0.1, 0.15) is 5.56 Å². The van der Waals surface area contributed by atoms with Gasteiger partial charge in [-0.3, -0.25) is 0 Å². The average Bonchev–Trinajstić information content (AvgIpc) is 2.41. The summed E-state index contributed by atoms with van der Waals surface area (Å²) in [4.78, 5) is 0. The van der Waals surface area contributed by atoms with E-state index in [1.165, 1.54) is 30.3 Å². The molecular weight excluding hydrogens is 308 g/mol. The summed E-state index contributed by atoms with van der Waals surface area (Å²) in [5.74, 6) is -1.15. The van der Waals surface area contributed by atoms with Crippen molar-refractivity contribution in [3.05, 3.63) is 59.4 Å². The molecular formula is C15H9ClF4O. The maximum atomic E-state index is 13.5. The number of rotatable bonds is 3. The van der Waals surface area contributed by atoms with Gasteiger partial charge >= 0.3 is 6.36 Å². The van der Waals surface area contributed by atoms with E-state index in [0.717, 1.165) is 12.1 Å². The van der Waals surface area contributed by atoms with E-state index in [0.29, 0.717) is 5.56 Å². The molecule has 21 heavy (non-hydrogen) atoms. The molecule has 0 heterocycles. The third kappa shape index (κ3) is 3.76. The van der Waals surface area contributed by atoms with E-state index in [-0.39, 0.29) is 16.1 Å². The maximum Gasteiger partial charge on any atom is 0.573 e. The van der Waals surface area contributed by atoms with Crippen molar-refractivity contribution in [2.24, 2.45) is 0 Å². The van der Waals surface area contributed by atoms with Gasteiger partial charge in [0, 0.05) is 5.56 Å². The molecule has 0 aromatic heterocycles. The zero-order valence-corrected chi connectivity index (χ0v) is 11.3. The molecule has 0 aliphatic rings. The Balaban J connectivity index is 2.57. The van der Waals surface area contributed by atoms with Gasteiger partial charge in [0.25, 0.3) is 0 Å². The quantitative estimate of drug-likeness (QED) is 0.661. The van der Waals surface area contributed by atoms with E-state index < -0.39 is 17.9 Å². The summed E-state index contributed by atoms with van der Waals surface area (Å²) in [5.41, 5.74) is 0.898. The Bertz CT molecular complexity index is 680. The predicted molar refractivity (Wildman–Crippen MR) is 73.6 cm³/mol. The van der Waals surface area contributed by atoms with Crippen molar-refractivity contribution in [3.8, 4) is 16.9 Å². The normalized spacial score (nSPS) is 11.3. The molecule has 0 N–H and O–H groups in total. The van der Waals surface area contributed by atoms with Crippen LogP contribution in [0.3, 0.4) is 0 Å². The molecule has 2 aromatic rings. The first-order valence-corrected chi connectivity index (χ1v) is 6.15. The second-order valence-corrected chi connectivity index (χ2v) is 4.54. The summed E-state index contributed by atoms with van der Waals surface area (Å²) in [5, 5.41) is -0.114. The van der Waals surface area contributed by atoms with Crippen LogP contribution in [-0.4, -0.2) is 6.36 Å². The van der Waals surface area contributed by atoms with E-state index in [4.69, 9.17) is 11.6 Å². The first-order chi connectivity index (χ1) is 9.80. The van der Waals surface area contributed by atoms with Gasteiger partial charge in [-0.05, 0) is 35.4 Å². The lowest BCUT2D eigenvalue weighted by atomic mass is 10.0. The van der Waals surface area contributed by atoms with Gasteiger partial charge in [0.15, 0.2) is 0 Å². The second kappa shape index (κ2) is 5.77. The average molecular weight is 317 g/mol. The standard InChI is InChI=1S/C15H9ClF4O/c1-2-9-3-6-14(21-15(18,19)20)11(7-9)10-4-5-12(16)13(17)8-10/h2-8H,1H2. The molecule has 0 fully saturated rings. The number of hydrogen-bond acceptors (Lipinski definition) is 1. The molecule has 0 unspecified atom stereocenters. The lowest BCUT2D eigenvalue weighted by Gasteiger charge is -2.14. The van der Waals surface area contributed by atoms with E-state index in [1.807, 2.05) is 0 Å². The highest BCUT2D eigenvalue weighted by Crippen LogP contribution is 2.36. The minimum absolute atomic E-state index is 0.0975.